The molecular weight excluding hydrogens is 468 g/mol. The third-order valence-electron chi connectivity index (χ3n) is 7.89. The molecule has 2 saturated heterocycles. The molecule has 2 fully saturated rings. The molecule has 3 aromatic rings. The third kappa shape index (κ3) is 4.77. The Kier molecular flexibility index (Phi) is 6.71. The van der Waals surface area contributed by atoms with Crippen molar-refractivity contribution in [3.63, 3.8) is 0 Å². The lowest BCUT2D eigenvalue weighted by molar-refractivity contribution is -0.117. The first kappa shape index (κ1) is 26.2. The molecule has 198 valence electrons. The molecule has 0 N–H and O–H groups in total. The number of carbonyl (C=O) groups is 2. The molecule has 4 nitrogen and oxygen atoms in total. The van der Waals surface area contributed by atoms with Crippen molar-refractivity contribution in [1.82, 2.24) is 0 Å². The zero-order valence-corrected chi connectivity index (χ0v) is 23.7. The molecule has 38 heavy (non-hydrogen) atoms. The van der Waals surface area contributed by atoms with Gasteiger partial charge in [0.05, 0.1) is 11.4 Å². The van der Waals surface area contributed by atoms with Crippen molar-refractivity contribution in [2.24, 2.45) is 0 Å². The molecular formula is C34H40N2O2. The summed E-state index contributed by atoms with van der Waals surface area (Å²) in [7, 11) is 0. The van der Waals surface area contributed by atoms with Gasteiger partial charge in [-0.15, -0.1) is 0 Å². The third-order valence-corrected chi connectivity index (χ3v) is 7.89. The Balaban J connectivity index is 1.87. The van der Waals surface area contributed by atoms with Gasteiger partial charge >= 0.3 is 0 Å². The molecule has 2 aliphatic rings. The van der Waals surface area contributed by atoms with Crippen LogP contribution in [0.4, 0.5) is 11.4 Å². The van der Waals surface area contributed by atoms with Crippen LogP contribution in [0, 0.1) is 0 Å². The fourth-order valence-electron chi connectivity index (χ4n) is 6.00. The van der Waals surface area contributed by atoms with Crippen molar-refractivity contribution in [2.45, 2.75) is 78.1 Å². The summed E-state index contributed by atoms with van der Waals surface area (Å²) in [6.07, 6.45) is 2.86. The van der Waals surface area contributed by atoms with Crippen LogP contribution in [0.1, 0.15) is 78.4 Å². The highest BCUT2D eigenvalue weighted by Gasteiger charge is 2.32. The molecule has 4 heteroatoms. The number of benzene rings is 3. The van der Waals surface area contributed by atoms with Crippen molar-refractivity contribution in [3.05, 3.63) is 71.8 Å². The molecule has 0 radical (unpaired) electrons. The van der Waals surface area contributed by atoms with Crippen molar-refractivity contribution in [3.8, 4) is 22.3 Å². The van der Waals surface area contributed by atoms with Crippen LogP contribution >= 0.6 is 0 Å². The van der Waals surface area contributed by atoms with Crippen LogP contribution in [-0.2, 0) is 20.4 Å². The minimum Gasteiger partial charge on any atom is -0.312 e. The first-order valence-electron chi connectivity index (χ1n) is 14.0. The van der Waals surface area contributed by atoms with E-state index in [1.165, 1.54) is 11.1 Å². The van der Waals surface area contributed by atoms with E-state index >= 15 is 0 Å². The monoisotopic (exact) mass is 508 g/mol. The average molecular weight is 509 g/mol. The van der Waals surface area contributed by atoms with E-state index in [-0.39, 0.29) is 22.6 Å². The average Bonchev–Trinajstić information content (AvgIpc) is 3.50. The Hall–Kier alpha value is -3.40. The zero-order chi connectivity index (χ0) is 27.2. The van der Waals surface area contributed by atoms with Crippen LogP contribution in [0.25, 0.3) is 22.3 Å². The van der Waals surface area contributed by atoms with Crippen molar-refractivity contribution in [2.75, 3.05) is 22.9 Å². The lowest BCUT2D eigenvalue weighted by Gasteiger charge is -2.31. The van der Waals surface area contributed by atoms with E-state index in [9.17, 15) is 9.59 Å². The summed E-state index contributed by atoms with van der Waals surface area (Å²) in [6, 6.07) is 21.4. The molecule has 2 aliphatic heterocycles. The van der Waals surface area contributed by atoms with E-state index in [0.29, 0.717) is 25.9 Å². The second kappa shape index (κ2) is 9.72. The molecule has 0 unspecified atom stereocenters. The molecule has 0 aromatic heterocycles. The maximum Gasteiger partial charge on any atom is 0.227 e. The molecule has 5 rings (SSSR count). The van der Waals surface area contributed by atoms with Gasteiger partial charge < -0.3 is 9.80 Å². The summed E-state index contributed by atoms with van der Waals surface area (Å²) in [6.45, 7) is 14.8. The Morgan fingerprint density at radius 3 is 1.24 bits per heavy atom. The number of nitrogens with zero attached hydrogens (tertiary/aromatic N) is 2. The number of rotatable bonds is 4. The quantitative estimate of drug-likeness (QED) is 0.360. The highest BCUT2D eigenvalue weighted by molar-refractivity contribution is 6.06. The summed E-state index contributed by atoms with van der Waals surface area (Å²) in [5, 5.41) is 0. The second-order valence-electron chi connectivity index (χ2n) is 12.8. The Bertz CT molecular complexity index is 1280. The van der Waals surface area contributed by atoms with Crippen molar-refractivity contribution in [1.29, 1.82) is 0 Å². The molecule has 0 aliphatic carbocycles. The summed E-state index contributed by atoms with van der Waals surface area (Å²) in [5.41, 5.74) is 8.49. The number of hydrogen-bond acceptors (Lipinski definition) is 2. The Morgan fingerprint density at radius 2 is 0.921 bits per heavy atom. The van der Waals surface area contributed by atoms with Crippen LogP contribution in [0.15, 0.2) is 60.7 Å². The van der Waals surface area contributed by atoms with E-state index in [4.69, 9.17) is 0 Å². The first-order valence-corrected chi connectivity index (χ1v) is 14.0. The zero-order valence-electron chi connectivity index (χ0n) is 23.7. The summed E-state index contributed by atoms with van der Waals surface area (Å²) < 4.78 is 0. The fraction of sp³-hybridized carbons (Fsp3) is 0.412. The molecule has 0 bridgehead atoms. The Labute approximate surface area is 227 Å². The number of hydrogen-bond donors (Lipinski definition) is 0. The molecule has 0 atom stereocenters. The molecule has 2 amide bonds. The van der Waals surface area contributed by atoms with Gasteiger partial charge in [0.25, 0.3) is 0 Å². The van der Waals surface area contributed by atoms with Gasteiger partial charge in [0.15, 0.2) is 0 Å². The fourth-order valence-corrected chi connectivity index (χ4v) is 6.00. The van der Waals surface area contributed by atoms with Crippen LogP contribution < -0.4 is 9.80 Å². The van der Waals surface area contributed by atoms with Gasteiger partial charge in [-0.3, -0.25) is 9.59 Å². The highest BCUT2D eigenvalue weighted by Crippen LogP contribution is 2.47. The highest BCUT2D eigenvalue weighted by atomic mass is 16.2. The summed E-state index contributed by atoms with van der Waals surface area (Å²) >= 11 is 0. The summed E-state index contributed by atoms with van der Waals surface area (Å²) in [4.78, 5) is 30.3. The van der Waals surface area contributed by atoms with Crippen LogP contribution in [0.3, 0.4) is 0 Å². The SMILES string of the molecule is CC(C)(C)c1ccccc1-c1cc(N2CCCC2=O)c(-c2ccccc2C(C)(C)C)cc1N1CCCC1=O. The van der Waals surface area contributed by atoms with Gasteiger partial charge in [0.1, 0.15) is 0 Å². The number of amides is 2. The minimum atomic E-state index is -0.0794. The van der Waals surface area contributed by atoms with E-state index in [1.54, 1.807) is 0 Å². The molecule has 0 saturated carbocycles. The van der Waals surface area contributed by atoms with Crippen LogP contribution in [-0.4, -0.2) is 24.9 Å². The van der Waals surface area contributed by atoms with E-state index in [0.717, 1.165) is 46.5 Å². The normalized spacial score (nSPS) is 16.6. The van der Waals surface area contributed by atoms with Gasteiger partial charge in [0.2, 0.25) is 11.8 Å². The van der Waals surface area contributed by atoms with Crippen molar-refractivity contribution < 1.29 is 9.59 Å². The molecule has 0 spiro atoms. The van der Waals surface area contributed by atoms with Gasteiger partial charge in [-0.1, -0.05) is 90.1 Å². The maximum atomic E-state index is 13.2. The van der Waals surface area contributed by atoms with Gasteiger partial charge in [-0.05, 0) is 58.1 Å². The second-order valence-corrected chi connectivity index (χ2v) is 12.8. The van der Waals surface area contributed by atoms with E-state index in [2.05, 4.69) is 102 Å². The van der Waals surface area contributed by atoms with Crippen molar-refractivity contribution >= 4 is 23.2 Å². The molecule has 3 aromatic carbocycles. The topological polar surface area (TPSA) is 40.6 Å². The summed E-state index contributed by atoms with van der Waals surface area (Å²) in [5.74, 6) is 0.332. The predicted molar refractivity (Wildman–Crippen MR) is 158 cm³/mol. The lowest BCUT2D eigenvalue weighted by Crippen LogP contribution is -2.27. The predicted octanol–water partition coefficient (Wildman–Crippen LogP) is 7.87. The Morgan fingerprint density at radius 1 is 0.553 bits per heavy atom. The largest absolute Gasteiger partial charge is 0.312 e. The maximum absolute atomic E-state index is 13.2. The van der Waals surface area contributed by atoms with Gasteiger partial charge in [-0.2, -0.15) is 0 Å². The smallest absolute Gasteiger partial charge is 0.227 e. The van der Waals surface area contributed by atoms with E-state index in [1.807, 2.05) is 9.80 Å². The standard InChI is InChI=1S/C34H40N2O2/c1-33(2,3)27-15-9-7-13-23(27)25-21-30(36-20-12-18-32(36)38)26(22-29(25)35-19-11-17-31(35)37)24-14-8-10-16-28(24)34(4,5)6/h7-10,13-16,21-22H,11-12,17-20H2,1-6H3. The molecule has 2 heterocycles. The number of carbonyl (C=O) groups excluding carboxylic acids is 2. The van der Waals surface area contributed by atoms with Crippen LogP contribution in [0.5, 0.6) is 0 Å². The minimum absolute atomic E-state index is 0.0794. The van der Waals surface area contributed by atoms with Crippen LogP contribution in [0.2, 0.25) is 0 Å². The van der Waals surface area contributed by atoms with Gasteiger partial charge in [-0.25, -0.2) is 0 Å². The van der Waals surface area contributed by atoms with Gasteiger partial charge in [0, 0.05) is 37.1 Å². The lowest BCUT2D eigenvalue weighted by atomic mass is 9.79. The van der Waals surface area contributed by atoms with E-state index < -0.39 is 0 Å². The first-order chi connectivity index (χ1) is 18.0. The number of anilines is 2.